The van der Waals surface area contributed by atoms with Crippen LogP contribution in [-0.4, -0.2) is 65.1 Å². The summed E-state index contributed by atoms with van der Waals surface area (Å²) in [6.07, 6.45) is 4.52. The third-order valence-corrected chi connectivity index (χ3v) is 8.68. The van der Waals surface area contributed by atoms with Crippen LogP contribution in [-0.2, 0) is 22.5 Å². The predicted molar refractivity (Wildman–Crippen MR) is 158 cm³/mol. The average Bonchev–Trinajstić information content (AvgIpc) is 2.95. The smallest absolute Gasteiger partial charge is 0.264 e. The van der Waals surface area contributed by atoms with Crippen LogP contribution in [0.15, 0.2) is 64.5 Å². The minimum Gasteiger partial charge on any atom is -0.491 e. The molecule has 212 valence electrons. The van der Waals surface area contributed by atoms with Crippen LogP contribution in [0.3, 0.4) is 0 Å². The number of benzene rings is 2. The Bertz CT molecular complexity index is 1330. The van der Waals surface area contributed by atoms with Gasteiger partial charge in [-0.3, -0.25) is 14.2 Å². The summed E-state index contributed by atoms with van der Waals surface area (Å²) in [7, 11) is 0. The van der Waals surface area contributed by atoms with E-state index in [1.54, 1.807) is 33.4 Å². The maximum atomic E-state index is 13.7. The number of nitrogens with one attached hydrogen (secondary N) is 1. The van der Waals surface area contributed by atoms with E-state index in [-0.39, 0.29) is 11.5 Å². The Morgan fingerprint density at radius 1 is 1.05 bits per heavy atom. The number of hydrogen-bond acceptors (Lipinski definition) is 7. The van der Waals surface area contributed by atoms with E-state index in [1.807, 2.05) is 42.5 Å². The molecule has 1 fully saturated rings. The van der Waals surface area contributed by atoms with Crippen LogP contribution in [0.1, 0.15) is 36.9 Å². The van der Waals surface area contributed by atoms with Gasteiger partial charge in [0.25, 0.3) is 5.56 Å². The first-order chi connectivity index (χ1) is 19.6. The van der Waals surface area contributed by atoms with Crippen LogP contribution in [0.4, 0.5) is 0 Å². The largest absolute Gasteiger partial charge is 0.491 e. The van der Waals surface area contributed by atoms with Crippen molar-refractivity contribution in [2.75, 3.05) is 39.5 Å². The minimum atomic E-state index is -0.0640. The number of hydrogen-bond donors (Lipinski definition) is 1. The van der Waals surface area contributed by atoms with Crippen molar-refractivity contribution in [3.05, 3.63) is 81.2 Å². The van der Waals surface area contributed by atoms with Gasteiger partial charge in [0.2, 0.25) is 5.91 Å². The molecule has 1 N–H and O–H groups in total. The van der Waals surface area contributed by atoms with Gasteiger partial charge in [-0.05, 0) is 49.2 Å². The van der Waals surface area contributed by atoms with Gasteiger partial charge in [0.1, 0.15) is 12.4 Å². The predicted octanol–water partition coefficient (Wildman–Crippen LogP) is 4.49. The van der Waals surface area contributed by atoms with Crippen LogP contribution >= 0.6 is 23.4 Å². The van der Waals surface area contributed by atoms with Crippen molar-refractivity contribution in [3.8, 4) is 11.4 Å². The number of carbonyl (C=O) groups is 1. The zero-order chi connectivity index (χ0) is 27.7. The number of para-hydroxylation sites is 1. The molecule has 0 radical (unpaired) electrons. The summed E-state index contributed by atoms with van der Waals surface area (Å²) in [5.41, 5.74) is 2.21. The second kappa shape index (κ2) is 14.2. The second-order valence-electron chi connectivity index (χ2n) is 9.95. The molecule has 40 heavy (non-hydrogen) atoms. The number of thioether (sulfide) groups is 1. The number of amides is 1. The number of rotatable bonds is 13. The topological polar surface area (TPSA) is 85.7 Å². The zero-order valence-corrected chi connectivity index (χ0v) is 24.1. The van der Waals surface area contributed by atoms with Gasteiger partial charge in [-0.1, -0.05) is 48.0 Å². The molecule has 2 aromatic carbocycles. The summed E-state index contributed by atoms with van der Waals surface area (Å²) in [6.45, 7) is 3.54. The molecule has 2 aliphatic rings. The fourth-order valence-electron chi connectivity index (χ4n) is 4.66. The fourth-order valence-corrected chi connectivity index (χ4v) is 6.11. The summed E-state index contributed by atoms with van der Waals surface area (Å²) in [6, 6.07) is 16.9. The summed E-state index contributed by atoms with van der Waals surface area (Å²) in [4.78, 5) is 33.4. The molecule has 0 unspecified atom stereocenters. The van der Waals surface area contributed by atoms with E-state index in [0.717, 1.165) is 35.1 Å². The first kappa shape index (κ1) is 28.7. The van der Waals surface area contributed by atoms with Gasteiger partial charge < -0.3 is 19.7 Å². The SMILES string of the molecule is O=C(CCNCCOCCOc1ccc(Cl)cc1)N1CCc2nc(SC3CCC3)n(-c3ccccc3)c(=O)c2C1. The molecule has 1 amide bonds. The molecule has 1 saturated carbocycles. The van der Waals surface area contributed by atoms with Gasteiger partial charge in [0.05, 0.1) is 36.7 Å². The quantitative estimate of drug-likeness (QED) is 0.235. The normalized spacial score (nSPS) is 15.0. The number of aromatic nitrogens is 2. The van der Waals surface area contributed by atoms with Gasteiger partial charge in [-0.15, -0.1) is 0 Å². The van der Waals surface area contributed by atoms with Gasteiger partial charge in [0, 0.05) is 42.7 Å². The van der Waals surface area contributed by atoms with Crippen molar-refractivity contribution >= 4 is 29.3 Å². The molecule has 1 aliphatic carbocycles. The molecule has 0 atom stereocenters. The molecule has 0 saturated heterocycles. The molecule has 3 aromatic rings. The Morgan fingerprint density at radius 3 is 2.60 bits per heavy atom. The number of nitrogens with zero attached hydrogens (tertiary/aromatic N) is 3. The third-order valence-electron chi connectivity index (χ3n) is 7.14. The lowest BCUT2D eigenvalue weighted by molar-refractivity contribution is -0.132. The Morgan fingerprint density at radius 2 is 1.85 bits per heavy atom. The molecule has 2 heterocycles. The average molecular weight is 583 g/mol. The molecule has 1 aliphatic heterocycles. The van der Waals surface area contributed by atoms with E-state index < -0.39 is 0 Å². The van der Waals surface area contributed by atoms with Crippen LogP contribution in [0, 0.1) is 0 Å². The van der Waals surface area contributed by atoms with Gasteiger partial charge >= 0.3 is 0 Å². The Hall–Kier alpha value is -2.85. The van der Waals surface area contributed by atoms with Crippen molar-refractivity contribution in [2.24, 2.45) is 0 Å². The molecular formula is C30H35ClN4O4S. The minimum absolute atomic E-state index is 0.0361. The van der Waals surface area contributed by atoms with Crippen molar-refractivity contribution < 1.29 is 14.3 Å². The maximum absolute atomic E-state index is 13.7. The summed E-state index contributed by atoms with van der Waals surface area (Å²) >= 11 is 7.58. The first-order valence-corrected chi connectivity index (χ1v) is 15.2. The number of fused-ring (bicyclic) bond motifs is 1. The third kappa shape index (κ3) is 7.46. The second-order valence-corrected chi connectivity index (χ2v) is 11.7. The van der Waals surface area contributed by atoms with Crippen LogP contribution in [0.5, 0.6) is 5.75 Å². The fraction of sp³-hybridized carbons (Fsp3) is 0.433. The Kier molecular flexibility index (Phi) is 10.2. The standard InChI is InChI=1S/C30H35ClN4O4S/c31-22-9-11-24(12-10-22)39-20-19-38-18-16-32-15-13-28(36)34-17-14-27-26(21-34)29(37)35(23-5-2-1-3-6-23)30(33-27)40-25-7-4-8-25/h1-3,5-6,9-12,25,32H,4,7-8,13-21H2. The highest BCUT2D eigenvalue weighted by molar-refractivity contribution is 7.99. The Balaban J connectivity index is 1.08. The molecule has 5 rings (SSSR count). The number of ether oxygens (including phenoxy) is 2. The van der Waals surface area contributed by atoms with Crippen molar-refractivity contribution in [1.29, 1.82) is 0 Å². The molecular weight excluding hydrogens is 548 g/mol. The zero-order valence-electron chi connectivity index (χ0n) is 22.5. The molecule has 10 heteroatoms. The summed E-state index contributed by atoms with van der Waals surface area (Å²) in [5.74, 6) is 0.793. The van der Waals surface area contributed by atoms with Gasteiger partial charge in [-0.2, -0.15) is 0 Å². The Labute approximate surface area is 244 Å². The van der Waals surface area contributed by atoms with Crippen LogP contribution < -0.4 is 15.6 Å². The summed E-state index contributed by atoms with van der Waals surface area (Å²) < 4.78 is 12.9. The lowest BCUT2D eigenvalue weighted by Gasteiger charge is -2.30. The lowest BCUT2D eigenvalue weighted by Crippen LogP contribution is -2.42. The highest BCUT2D eigenvalue weighted by Crippen LogP contribution is 2.36. The van der Waals surface area contributed by atoms with E-state index in [9.17, 15) is 9.59 Å². The van der Waals surface area contributed by atoms with Gasteiger partial charge in [0.15, 0.2) is 5.16 Å². The number of halogens is 1. The van der Waals surface area contributed by atoms with E-state index in [1.165, 1.54) is 6.42 Å². The van der Waals surface area contributed by atoms with E-state index in [4.69, 9.17) is 26.1 Å². The van der Waals surface area contributed by atoms with Crippen molar-refractivity contribution in [2.45, 2.75) is 49.1 Å². The number of carbonyl (C=O) groups excluding carboxylic acids is 1. The van der Waals surface area contributed by atoms with Crippen LogP contribution in [0.25, 0.3) is 5.69 Å². The van der Waals surface area contributed by atoms with E-state index in [2.05, 4.69) is 5.32 Å². The highest BCUT2D eigenvalue weighted by Gasteiger charge is 2.28. The van der Waals surface area contributed by atoms with Gasteiger partial charge in [-0.25, -0.2) is 4.98 Å². The summed E-state index contributed by atoms with van der Waals surface area (Å²) in [5, 5.41) is 5.22. The molecule has 1 aromatic heterocycles. The monoisotopic (exact) mass is 582 g/mol. The first-order valence-electron chi connectivity index (χ1n) is 13.9. The lowest BCUT2D eigenvalue weighted by atomic mass is 10.0. The van der Waals surface area contributed by atoms with Crippen molar-refractivity contribution in [3.63, 3.8) is 0 Å². The molecule has 0 spiro atoms. The van der Waals surface area contributed by atoms with Crippen LogP contribution in [0.2, 0.25) is 5.02 Å². The highest BCUT2D eigenvalue weighted by atomic mass is 35.5. The molecule has 0 bridgehead atoms. The maximum Gasteiger partial charge on any atom is 0.264 e. The molecule has 8 nitrogen and oxygen atoms in total. The van der Waals surface area contributed by atoms with E-state index in [0.29, 0.717) is 74.7 Å². The van der Waals surface area contributed by atoms with Crippen molar-refractivity contribution in [1.82, 2.24) is 19.8 Å². The van der Waals surface area contributed by atoms with E-state index >= 15 is 0 Å².